The van der Waals surface area contributed by atoms with E-state index in [0.717, 1.165) is 0 Å². The summed E-state index contributed by atoms with van der Waals surface area (Å²) < 4.78 is 13.5. The van der Waals surface area contributed by atoms with E-state index in [4.69, 9.17) is 5.11 Å². The molecule has 6 nitrogen and oxygen atoms in total. The quantitative estimate of drug-likeness (QED) is 0.673. The molecule has 0 spiro atoms. The van der Waals surface area contributed by atoms with E-state index in [0.29, 0.717) is 12.6 Å². The molecule has 1 heterocycles. The van der Waals surface area contributed by atoms with Gasteiger partial charge in [-0.05, 0) is 13.3 Å². The zero-order chi connectivity index (χ0) is 13.2. The molecule has 0 saturated heterocycles. The lowest BCUT2D eigenvalue weighted by Crippen LogP contribution is -2.36. The van der Waals surface area contributed by atoms with Crippen molar-refractivity contribution in [2.24, 2.45) is 0 Å². The SMILES string of the molecule is CCC(C)NC(=O)c1c(F)c(=O)c(O)cn1O. The van der Waals surface area contributed by atoms with Crippen molar-refractivity contribution in [3.63, 3.8) is 0 Å². The van der Waals surface area contributed by atoms with Crippen molar-refractivity contribution >= 4 is 5.91 Å². The molecule has 17 heavy (non-hydrogen) atoms. The Balaban J connectivity index is 3.19. The van der Waals surface area contributed by atoms with E-state index >= 15 is 0 Å². The molecule has 1 atom stereocenters. The topological polar surface area (TPSA) is 91.6 Å². The van der Waals surface area contributed by atoms with Crippen LogP contribution in [-0.4, -0.2) is 27.0 Å². The summed E-state index contributed by atoms with van der Waals surface area (Å²) in [6.45, 7) is 3.50. The number of nitrogens with zero attached hydrogens (tertiary/aromatic N) is 1. The standard InChI is InChI=1S/C10H13FN2O4/c1-3-5(2)12-10(16)8-7(11)9(15)6(14)4-13(8)17/h4-5,14,17H,3H2,1-2H3,(H,12,16). The van der Waals surface area contributed by atoms with Crippen LogP contribution in [0.4, 0.5) is 4.39 Å². The number of aromatic nitrogens is 1. The lowest BCUT2D eigenvalue weighted by molar-refractivity contribution is 0.0871. The normalized spacial score (nSPS) is 12.2. The van der Waals surface area contributed by atoms with Crippen molar-refractivity contribution in [2.75, 3.05) is 0 Å². The Labute approximate surface area is 96.3 Å². The van der Waals surface area contributed by atoms with Gasteiger partial charge in [-0.2, -0.15) is 9.12 Å². The lowest BCUT2D eigenvalue weighted by Gasteiger charge is -2.13. The van der Waals surface area contributed by atoms with Crippen molar-refractivity contribution in [2.45, 2.75) is 26.3 Å². The number of hydrogen-bond donors (Lipinski definition) is 3. The van der Waals surface area contributed by atoms with Gasteiger partial charge in [0.05, 0.1) is 6.20 Å². The summed E-state index contributed by atoms with van der Waals surface area (Å²) in [4.78, 5) is 22.6. The summed E-state index contributed by atoms with van der Waals surface area (Å²) in [6, 6.07) is -0.231. The Morgan fingerprint density at radius 2 is 2.24 bits per heavy atom. The molecule has 0 radical (unpaired) electrons. The Morgan fingerprint density at radius 3 is 2.76 bits per heavy atom. The first-order valence-electron chi connectivity index (χ1n) is 5.02. The minimum atomic E-state index is -1.49. The van der Waals surface area contributed by atoms with Crippen molar-refractivity contribution < 1.29 is 19.5 Å². The number of pyridine rings is 1. The maximum absolute atomic E-state index is 13.4. The van der Waals surface area contributed by atoms with Crippen LogP contribution in [0, 0.1) is 5.82 Å². The molecule has 0 aliphatic carbocycles. The smallest absolute Gasteiger partial charge is 0.274 e. The van der Waals surface area contributed by atoms with Crippen molar-refractivity contribution in [1.82, 2.24) is 10.0 Å². The Morgan fingerprint density at radius 1 is 1.65 bits per heavy atom. The molecule has 1 aromatic heterocycles. The first-order chi connectivity index (χ1) is 7.88. The molecule has 0 aliphatic heterocycles. The molecule has 1 aromatic rings. The monoisotopic (exact) mass is 244 g/mol. The van der Waals surface area contributed by atoms with Crippen LogP contribution in [0.3, 0.4) is 0 Å². The van der Waals surface area contributed by atoms with E-state index in [2.05, 4.69) is 5.32 Å². The second-order valence-electron chi connectivity index (χ2n) is 3.63. The van der Waals surface area contributed by atoms with Crippen LogP contribution < -0.4 is 10.7 Å². The van der Waals surface area contributed by atoms with Crippen LogP contribution in [0.25, 0.3) is 0 Å². The van der Waals surface area contributed by atoms with Crippen LogP contribution in [0.2, 0.25) is 0 Å². The lowest BCUT2D eigenvalue weighted by atomic mass is 10.2. The van der Waals surface area contributed by atoms with Gasteiger partial charge in [-0.1, -0.05) is 6.92 Å². The number of hydrogen-bond acceptors (Lipinski definition) is 4. The summed E-state index contributed by atoms with van der Waals surface area (Å²) in [5, 5.41) is 20.6. The number of amides is 1. The van der Waals surface area contributed by atoms with Gasteiger partial charge in [-0.15, -0.1) is 0 Å². The molecule has 1 rings (SSSR count). The molecule has 3 N–H and O–H groups in total. The van der Waals surface area contributed by atoms with Gasteiger partial charge >= 0.3 is 0 Å². The van der Waals surface area contributed by atoms with Gasteiger partial charge in [0.25, 0.3) is 11.3 Å². The van der Waals surface area contributed by atoms with Crippen LogP contribution in [-0.2, 0) is 0 Å². The van der Waals surface area contributed by atoms with E-state index in [9.17, 15) is 19.2 Å². The third kappa shape index (κ3) is 2.55. The Bertz CT molecular complexity index is 498. The molecule has 1 unspecified atom stereocenters. The maximum atomic E-state index is 13.4. The van der Waals surface area contributed by atoms with Gasteiger partial charge in [0.1, 0.15) is 0 Å². The largest absolute Gasteiger partial charge is 0.503 e. The molecule has 7 heteroatoms. The molecular formula is C10H13FN2O4. The molecule has 0 saturated carbocycles. The number of carbonyl (C=O) groups is 1. The summed E-state index contributed by atoms with van der Waals surface area (Å²) in [7, 11) is 0. The fourth-order valence-electron chi connectivity index (χ4n) is 1.16. The highest BCUT2D eigenvalue weighted by atomic mass is 19.1. The predicted octanol–water partition coefficient (Wildman–Crippen LogP) is 0.459. The van der Waals surface area contributed by atoms with Crippen LogP contribution in [0.1, 0.15) is 30.8 Å². The van der Waals surface area contributed by atoms with Gasteiger partial charge in [-0.25, -0.2) is 0 Å². The third-order valence-electron chi connectivity index (χ3n) is 2.32. The maximum Gasteiger partial charge on any atom is 0.274 e. The van der Waals surface area contributed by atoms with Gasteiger partial charge in [-0.3, -0.25) is 9.59 Å². The fraction of sp³-hybridized carbons (Fsp3) is 0.400. The summed E-state index contributed by atoms with van der Waals surface area (Å²) in [6.07, 6.45) is 1.18. The molecule has 0 fully saturated rings. The third-order valence-corrected chi connectivity index (χ3v) is 2.32. The highest BCUT2D eigenvalue weighted by Gasteiger charge is 2.22. The van der Waals surface area contributed by atoms with Gasteiger partial charge < -0.3 is 15.6 Å². The highest BCUT2D eigenvalue weighted by molar-refractivity contribution is 5.92. The number of nitrogens with one attached hydrogen (secondary N) is 1. The van der Waals surface area contributed by atoms with Crippen LogP contribution >= 0.6 is 0 Å². The van der Waals surface area contributed by atoms with Crippen molar-refractivity contribution in [3.05, 3.63) is 27.9 Å². The predicted molar refractivity (Wildman–Crippen MR) is 56.7 cm³/mol. The molecule has 94 valence electrons. The summed E-state index contributed by atoms with van der Waals surface area (Å²) in [5.41, 5.74) is -2.15. The molecule has 0 aromatic carbocycles. The van der Waals surface area contributed by atoms with E-state index in [1.165, 1.54) is 0 Å². The number of aromatic hydroxyl groups is 1. The average molecular weight is 244 g/mol. The van der Waals surface area contributed by atoms with Crippen LogP contribution in [0.5, 0.6) is 5.75 Å². The molecular weight excluding hydrogens is 231 g/mol. The average Bonchev–Trinajstić information content (AvgIpc) is 2.25. The minimum absolute atomic E-state index is 0.0871. The molecule has 0 aliphatic rings. The first-order valence-corrected chi connectivity index (χ1v) is 5.02. The van der Waals surface area contributed by atoms with Gasteiger partial charge in [0.15, 0.2) is 11.4 Å². The summed E-state index contributed by atoms with van der Waals surface area (Å²) in [5.74, 6) is -3.38. The van der Waals surface area contributed by atoms with Crippen LogP contribution in [0.15, 0.2) is 11.0 Å². The van der Waals surface area contributed by atoms with E-state index < -0.39 is 28.6 Å². The number of halogens is 1. The minimum Gasteiger partial charge on any atom is -0.503 e. The summed E-state index contributed by atoms with van der Waals surface area (Å²) >= 11 is 0. The Kier molecular flexibility index (Phi) is 3.72. The van der Waals surface area contributed by atoms with Gasteiger partial charge in [0, 0.05) is 6.04 Å². The molecule has 0 bridgehead atoms. The van der Waals surface area contributed by atoms with E-state index in [1.807, 2.05) is 6.92 Å². The first kappa shape index (κ1) is 13.0. The fourth-order valence-corrected chi connectivity index (χ4v) is 1.16. The second kappa shape index (κ2) is 4.86. The van der Waals surface area contributed by atoms with E-state index in [1.54, 1.807) is 6.92 Å². The number of carbonyl (C=O) groups excluding carboxylic acids is 1. The van der Waals surface area contributed by atoms with E-state index in [-0.39, 0.29) is 10.8 Å². The Hall–Kier alpha value is -2.05. The zero-order valence-corrected chi connectivity index (χ0v) is 9.40. The second-order valence-corrected chi connectivity index (χ2v) is 3.63. The van der Waals surface area contributed by atoms with Gasteiger partial charge in [0.2, 0.25) is 5.82 Å². The number of rotatable bonds is 3. The zero-order valence-electron chi connectivity index (χ0n) is 9.40. The highest BCUT2D eigenvalue weighted by Crippen LogP contribution is 2.08. The molecule has 1 amide bonds. The van der Waals surface area contributed by atoms with Crippen molar-refractivity contribution in [3.8, 4) is 5.75 Å². The van der Waals surface area contributed by atoms with Crippen molar-refractivity contribution in [1.29, 1.82) is 0 Å².